The van der Waals surface area contributed by atoms with Crippen molar-refractivity contribution in [3.8, 4) is 0 Å². The number of hydrogen-bond acceptors (Lipinski definition) is 7. The summed E-state index contributed by atoms with van der Waals surface area (Å²) in [6.45, 7) is 0. The van der Waals surface area contributed by atoms with E-state index in [-0.39, 0.29) is 27.0 Å². The van der Waals surface area contributed by atoms with Crippen LogP contribution in [0.15, 0.2) is 53.6 Å². The summed E-state index contributed by atoms with van der Waals surface area (Å²) in [7, 11) is -1.65. The van der Waals surface area contributed by atoms with Gasteiger partial charge in [0.05, 0.1) is 28.5 Å². The largest absolute Gasteiger partial charge is 0.338 e. The van der Waals surface area contributed by atoms with Gasteiger partial charge in [0.15, 0.2) is 15.7 Å². The van der Waals surface area contributed by atoms with Gasteiger partial charge in [0.2, 0.25) is 11.9 Å². The van der Waals surface area contributed by atoms with Gasteiger partial charge in [0, 0.05) is 18.4 Å². The Hall–Kier alpha value is -3.17. The van der Waals surface area contributed by atoms with Crippen molar-refractivity contribution in [3.05, 3.63) is 59.2 Å². The summed E-state index contributed by atoms with van der Waals surface area (Å²) < 4.78 is 25.6. The van der Waals surface area contributed by atoms with Gasteiger partial charge in [-0.1, -0.05) is 23.7 Å². The van der Waals surface area contributed by atoms with Crippen LogP contribution in [0.4, 0.5) is 28.8 Å². The van der Waals surface area contributed by atoms with E-state index in [1.54, 1.807) is 36.2 Å². The third kappa shape index (κ3) is 3.78. The van der Waals surface area contributed by atoms with Crippen LogP contribution in [0.1, 0.15) is 18.4 Å². The highest BCUT2D eigenvalue weighted by molar-refractivity contribution is 7.92. The van der Waals surface area contributed by atoms with Gasteiger partial charge in [-0.3, -0.25) is 4.79 Å². The van der Waals surface area contributed by atoms with E-state index in [0.717, 1.165) is 16.9 Å². The first-order valence-electron chi connectivity index (χ1n) is 10.1. The number of benzene rings is 2. The van der Waals surface area contributed by atoms with Crippen molar-refractivity contribution in [1.29, 1.82) is 0 Å². The number of aromatic nitrogens is 2. The molecule has 0 radical (unpaired) electrons. The number of nitrogens with one attached hydrogen (secondary N) is 2. The lowest BCUT2D eigenvalue weighted by Crippen LogP contribution is -2.20. The minimum Gasteiger partial charge on any atom is -0.338 e. The van der Waals surface area contributed by atoms with E-state index in [2.05, 4.69) is 20.6 Å². The van der Waals surface area contributed by atoms with E-state index < -0.39 is 9.84 Å². The molecule has 1 saturated carbocycles. The lowest BCUT2D eigenvalue weighted by molar-refractivity contribution is -0.117. The molecule has 1 fully saturated rings. The van der Waals surface area contributed by atoms with E-state index in [1.807, 2.05) is 18.2 Å². The number of amides is 1. The molecule has 2 aromatic carbocycles. The van der Waals surface area contributed by atoms with Gasteiger partial charge in [-0.05, 0) is 48.7 Å². The third-order valence-electron chi connectivity index (χ3n) is 5.57. The Bertz CT molecular complexity index is 1340. The van der Waals surface area contributed by atoms with Crippen LogP contribution in [-0.2, 0) is 21.1 Å². The Labute approximate surface area is 190 Å². The quantitative estimate of drug-likeness (QED) is 0.560. The molecule has 0 unspecified atom stereocenters. The van der Waals surface area contributed by atoms with Gasteiger partial charge in [0.25, 0.3) is 0 Å². The van der Waals surface area contributed by atoms with Crippen molar-refractivity contribution < 1.29 is 13.2 Å². The molecule has 8 nitrogen and oxygen atoms in total. The number of halogens is 1. The zero-order valence-electron chi connectivity index (χ0n) is 17.2. The standard InChI is InChI=1S/C22H20ClN5O3S/c1-28-18-9-6-14(10-13(18)11-20(28)29)25-22-24-12-16(23)21(27-22)26-17-4-2-3-5-19(17)32(30,31)15-7-8-15/h2-6,9-10,12,15H,7-8,11H2,1H3,(H2,24,25,26,27). The minimum atomic E-state index is -3.40. The normalized spacial score (nSPS) is 15.6. The van der Waals surface area contributed by atoms with Crippen LogP contribution in [0, 0.1) is 0 Å². The van der Waals surface area contributed by atoms with Crippen molar-refractivity contribution in [3.63, 3.8) is 0 Å². The number of likely N-dealkylation sites (N-methyl/N-ethyl adjacent to an activating group) is 1. The molecule has 1 aliphatic heterocycles. The second kappa shape index (κ2) is 7.75. The zero-order valence-corrected chi connectivity index (χ0v) is 18.7. The lowest BCUT2D eigenvalue weighted by Gasteiger charge is -2.14. The summed E-state index contributed by atoms with van der Waals surface area (Å²) in [5.74, 6) is 0.627. The summed E-state index contributed by atoms with van der Waals surface area (Å²) in [4.78, 5) is 22.4. The van der Waals surface area contributed by atoms with Gasteiger partial charge < -0.3 is 15.5 Å². The highest BCUT2D eigenvalue weighted by Crippen LogP contribution is 2.38. The van der Waals surface area contributed by atoms with E-state index >= 15 is 0 Å². The molecular formula is C22H20ClN5O3S. The van der Waals surface area contributed by atoms with Crippen molar-refractivity contribution >= 4 is 56.2 Å². The fraction of sp³-hybridized carbons (Fsp3) is 0.227. The van der Waals surface area contributed by atoms with E-state index in [0.29, 0.717) is 30.8 Å². The molecule has 2 heterocycles. The second-order valence-electron chi connectivity index (χ2n) is 7.85. The Morgan fingerprint density at radius 1 is 1.12 bits per heavy atom. The maximum absolute atomic E-state index is 12.8. The molecule has 164 valence electrons. The van der Waals surface area contributed by atoms with Gasteiger partial charge in [-0.15, -0.1) is 0 Å². The van der Waals surface area contributed by atoms with Gasteiger partial charge >= 0.3 is 0 Å². The van der Waals surface area contributed by atoms with Crippen LogP contribution in [-0.4, -0.2) is 36.6 Å². The molecule has 2 aliphatic rings. The molecule has 5 rings (SSSR count). The molecule has 0 bridgehead atoms. The maximum Gasteiger partial charge on any atom is 0.231 e. The average molecular weight is 470 g/mol. The molecule has 3 aromatic rings. The summed E-state index contributed by atoms with van der Waals surface area (Å²) >= 11 is 6.29. The van der Waals surface area contributed by atoms with Crippen LogP contribution in [0.25, 0.3) is 0 Å². The molecule has 32 heavy (non-hydrogen) atoms. The average Bonchev–Trinajstić information content (AvgIpc) is 3.59. The van der Waals surface area contributed by atoms with Crippen LogP contribution in [0.3, 0.4) is 0 Å². The fourth-order valence-corrected chi connectivity index (χ4v) is 5.64. The zero-order chi connectivity index (χ0) is 22.5. The predicted molar refractivity (Wildman–Crippen MR) is 124 cm³/mol. The molecule has 1 amide bonds. The van der Waals surface area contributed by atoms with Gasteiger partial charge in [-0.25, -0.2) is 13.4 Å². The number of carbonyl (C=O) groups excluding carboxylic acids is 1. The number of anilines is 5. The molecule has 2 N–H and O–H groups in total. The molecule has 10 heteroatoms. The topological polar surface area (TPSA) is 104 Å². The first-order chi connectivity index (χ1) is 15.3. The van der Waals surface area contributed by atoms with Crippen molar-refractivity contribution in [2.45, 2.75) is 29.4 Å². The van der Waals surface area contributed by atoms with Crippen LogP contribution in [0.2, 0.25) is 5.02 Å². The van der Waals surface area contributed by atoms with Gasteiger partial charge in [0.1, 0.15) is 5.02 Å². The molecule has 1 aliphatic carbocycles. The molecule has 0 saturated heterocycles. The lowest BCUT2D eigenvalue weighted by atomic mass is 10.1. The van der Waals surface area contributed by atoms with E-state index in [9.17, 15) is 13.2 Å². The van der Waals surface area contributed by atoms with Crippen molar-refractivity contribution in [2.24, 2.45) is 0 Å². The van der Waals surface area contributed by atoms with Crippen LogP contribution >= 0.6 is 11.6 Å². The van der Waals surface area contributed by atoms with Gasteiger partial charge in [-0.2, -0.15) is 4.98 Å². The molecular weight excluding hydrogens is 450 g/mol. The first kappa shape index (κ1) is 20.7. The molecule has 1 aromatic heterocycles. The van der Waals surface area contributed by atoms with E-state index in [4.69, 9.17) is 11.6 Å². The maximum atomic E-state index is 12.8. The second-order valence-corrected chi connectivity index (χ2v) is 10.5. The SMILES string of the molecule is CN1C(=O)Cc2cc(Nc3ncc(Cl)c(Nc4ccccc4S(=O)(=O)C4CC4)n3)ccc21. The Morgan fingerprint density at radius 3 is 2.69 bits per heavy atom. The Morgan fingerprint density at radius 2 is 1.91 bits per heavy atom. The molecule has 0 spiro atoms. The summed E-state index contributed by atoms with van der Waals surface area (Å²) in [5.41, 5.74) is 2.96. The van der Waals surface area contributed by atoms with Crippen LogP contribution < -0.4 is 15.5 Å². The first-order valence-corrected chi connectivity index (χ1v) is 12.0. The Kier molecular flexibility index (Phi) is 5.02. The number of carbonyl (C=O) groups is 1. The monoisotopic (exact) mass is 469 g/mol. The number of rotatable bonds is 6. The fourth-order valence-electron chi connectivity index (χ4n) is 3.70. The third-order valence-corrected chi connectivity index (χ3v) is 8.16. The number of para-hydroxylation sites is 1. The number of fused-ring (bicyclic) bond motifs is 1. The number of sulfone groups is 1. The Balaban J connectivity index is 1.42. The number of hydrogen-bond donors (Lipinski definition) is 2. The minimum absolute atomic E-state index is 0.0474. The highest BCUT2D eigenvalue weighted by Gasteiger charge is 2.38. The number of nitrogens with zero attached hydrogens (tertiary/aromatic N) is 3. The van der Waals surface area contributed by atoms with Crippen molar-refractivity contribution in [2.75, 3.05) is 22.6 Å². The summed E-state index contributed by atoms with van der Waals surface area (Å²) in [6.07, 6.45) is 3.16. The predicted octanol–water partition coefficient (Wildman–Crippen LogP) is 4.07. The van der Waals surface area contributed by atoms with Crippen molar-refractivity contribution in [1.82, 2.24) is 9.97 Å². The van der Waals surface area contributed by atoms with E-state index in [1.165, 1.54) is 6.20 Å². The smallest absolute Gasteiger partial charge is 0.231 e. The molecule has 0 atom stereocenters. The highest BCUT2D eigenvalue weighted by atomic mass is 35.5. The summed E-state index contributed by atoms with van der Waals surface area (Å²) in [6, 6.07) is 12.3. The summed E-state index contributed by atoms with van der Waals surface area (Å²) in [5, 5.41) is 6.11. The van der Waals surface area contributed by atoms with Crippen LogP contribution in [0.5, 0.6) is 0 Å².